The average Bonchev–Trinajstić information content (AvgIpc) is 3.61. The van der Waals surface area contributed by atoms with Crippen LogP contribution in [-0.4, -0.2) is 40.9 Å². The van der Waals surface area contributed by atoms with E-state index >= 15 is 0 Å². The second kappa shape index (κ2) is 12.2. The van der Waals surface area contributed by atoms with E-state index in [9.17, 15) is 9.59 Å². The number of thiocarbonyl (C=S) groups is 1. The summed E-state index contributed by atoms with van der Waals surface area (Å²) >= 11 is 6.98. The molecule has 0 unspecified atom stereocenters. The molecule has 2 aliphatic heterocycles. The first-order chi connectivity index (χ1) is 18.5. The Labute approximate surface area is 230 Å². The van der Waals surface area contributed by atoms with Crippen molar-refractivity contribution in [3.8, 4) is 11.5 Å². The lowest BCUT2D eigenvalue weighted by Gasteiger charge is -2.27. The van der Waals surface area contributed by atoms with Crippen molar-refractivity contribution in [2.45, 2.75) is 30.9 Å². The molecule has 0 radical (unpaired) electrons. The average molecular weight is 550 g/mol. The summed E-state index contributed by atoms with van der Waals surface area (Å²) in [5, 5.41) is 6.21. The minimum absolute atomic E-state index is 0.0594. The van der Waals surface area contributed by atoms with E-state index in [4.69, 9.17) is 26.1 Å². The Kier molecular flexibility index (Phi) is 8.30. The molecule has 2 aromatic carbocycles. The molecular weight excluding hydrogens is 522 g/mol. The van der Waals surface area contributed by atoms with Gasteiger partial charge in [-0.3, -0.25) is 9.59 Å². The van der Waals surface area contributed by atoms with Crippen LogP contribution in [0.5, 0.6) is 11.5 Å². The Hall–Kier alpha value is -3.76. The predicted molar refractivity (Wildman–Crippen MR) is 149 cm³/mol. The lowest BCUT2D eigenvalue weighted by Crippen LogP contribution is -2.34. The summed E-state index contributed by atoms with van der Waals surface area (Å²) < 4.78 is 17.5. The molecule has 0 spiro atoms. The topological polar surface area (TPSA) is 93.0 Å². The smallest absolute Gasteiger partial charge is 0.268 e. The highest BCUT2D eigenvalue weighted by Gasteiger charge is 2.19. The summed E-state index contributed by atoms with van der Waals surface area (Å²) in [6, 6.07) is 17.7. The lowest BCUT2D eigenvalue weighted by molar-refractivity contribution is -0.117. The number of hydrogen-bond donors (Lipinski definition) is 2. The Morgan fingerprint density at radius 2 is 1.76 bits per heavy atom. The van der Waals surface area contributed by atoms with E-state index in [-0.39, 0.29) is 19.0 Å². The Morgan fingerprint density at radius 1 is 0.974 bits per heavy atom. The largest absolute Gasteiger partial charge is 0.454 e. The third-order valence-corrected chi connectivity index (χ3v) is 7.47. The zero-order chi connectivity index (χ0) is 26.3. The second-order valence-corrected chi connectivity index (χ2v) is 10.5. The molecule has 2 aliphatic rings. The monoisotopic (exact) mass is 549 g/mol. The molecule has 5 rings (SSSR count). The highest BCUT2D eigenvalue weighted by molar-refractivity contribution is 8.22. The van der Waals surface area contributed by atoms with Gasteiger partial charge in [-0.05, 0) is 73.0 Å². The minimum Gasteiger partial charge on any atom is -0.454 e. The van der Waals surface area contributed by atoms with Crippen LogP contribution in [0, 0.1) is 0 Å². The van der Waals surface area contributed by atoms with Crippen molar-refractivity contribution in [3.05, 3.63) is 83.2 Å². The molecular formula is C28H27N3O5S2. The van der Waals surface area contributed by atoms with Gasteiger partial charge in [0, 0.05) is 31.3 Å². The van der Waals surface area contributed by atoms with Crippen LogP contribution in [0.3, 0.4) is 0 Å². The number of piperidine rings is 1. The summed E-state index contributed by atoms with van der Waals surface area (Å²) in [7, 11) is 0. The fraction of sp³-hybridized carbons (Fsp3) is 0.250. The highest BCUT2D eigenvalue weighted by Crippen LogP contribution is 2.32. The molecule has 8 nitrogen and oxygen atoms in total. The van der Waals surface area contributed by atoms with Crippen molar-refractivity contribution in [1.82, 2.24) is 15.5 Å². The molecule has 0 atom stereocenters. The van der Waals surface area contributed by atoms with Crippen LogP contribution in [0.25, 0.3) is 6.08 Å². The summed E-state index contributed by atoms with van der Waals surface area (Å²) in [5.74, 6) is 0.870. The van der Waals surface area contributed by atoms with Gasteiger partial charge < -0.3 is 29.4 Å². The van der Waals surface area contributed by atoms with Crippen molar-refractivity contribution in [2.24, 2.45) is 0 Å². The van der Waals surface area contributed by atoms with Crippen LogP contribution in [0.1, 0.15) is 40.9 Å². The second-order valence-electron chi connectivity index (χ2n) is 8.82. The molecule has 38 heavy (non-hydrogen) atoms. The zero-order valence-electron chi connectivity index (χ0n) is 20.6. The van der Waals surface area contributed by atoms with Gasteiger partial charge in [0.2, 0.25) is 6.79 Å². The maximum absolute atomic E-state index is 13.2. The van der Waals surface area contributed by atoms with Crippen molar-refractivity contribution in [1.29, 1.82) is 0 Å². The number of furan rings is 1. The van der Waals surface area contributed by atoms with E-state index in [2.05, 4.69) is 15.5 Å². The quantitative estimate of drug-likeness (QED) is 0.243. The number of fused-ring (bicyclic) bond motifs is 1. The van der Waals surface area contributed by atoms with Crippen LogP contribution < -0.4 is 20.1 Å². The van der Waals surface area contributed by atoms with E-state index in [1.807, 2.05) is 24.3 Å². The molecule has 3 aromatic rings. The molecule has 10 heteroatoms. The van der Waals surface area contributed by atoms with Gasteiger partial charge in [0.25, 0.3) is 11.8 Å². The summed E-state index contributed by atoms with van der Waals surface area (Å²) in [6.45, 7) is 2.32. The number of likely N-dealkylation sites (tertiary alicyclic amines) is 1. The first kappa shape index (κ1) is 25.9. The van der Waals surface area contributed by atoms with Crippen molar-refractivity contribution >= 4 is 46.2 Å². The molecule has 0 bridgehead atoms. The van der Waals surface area contributed by atoms with Crippen molar-refractivity contribution in [3.63, 3.8) is 0 Å². The van der Waals surface area contributed by atoms with Crippen molar-refractivity contribution < 1.29 is 23.5 Å². The van der Waals surface area contributed by atoms with Crippen LogP contribution in [-0.2, 0) is 11.3 Å². The molecule has 2 amide bonds. The summed E-state index contributed by atoms with van der Waals surface area (Å²) in [6.07, 6.45) is 5.02. The number of nitrogens with zero attached hydrogens (tertiary/aromatic N) is 1. The fourth-order valence-electron chi connectivity index (χ4n) is 4.11. The number of amides is 2. The van der Waals surface area contributed by atoms with Gasteiger partial charge in [-0.15, -0.1) is 0 Å². The molecule has 3 heterocycles. The van der Waals surface area contributed by atoms with Gasteiger partial charge in [0.15, 0.2) is 16.6 Å². The van der Waals surface area contributed by atoms with Gasteiger partial charge in [0.05, 0.1) is 0 Å². The normalized spacial score (nSPS) is 14.7. The summed E-state index contributed by atoms with van der Waals surface area (Å²) in [5.41, 5.74) is 1.33. The third kappa shape index (κ3) is 6.56. The standard InChI is InChI=1S/C28H27N3O5S2/c32-26(20-7-3-1-4-8-20)30-22(27(33)29-17-19-9-11-23-24(15-19)35-18-34-23)16-21-10-12-25(36-21)38-28(37)31-13-5-2-6-14-31/h1,3-4,7-12,15-16H,2,5-6,13-14,17-18H2,(H,29,33)(H,30,32)/b22-16-. The number of benzene rings is 2. The maximum Gasteiger partial charge on any atom is 0.268 e. The SMILES string of the molecule is O=C(NCc1ccc2c(c1)OCO2)/C(=C/c1ccc(SC(=S)N2CCCCC2)o1)NC(=O)c1ccccc1. The number of ether oxygens (including phenoxy) is 2. The lowest BCUT2D eigenvalue weighted by atomic mass is 10.1. The van der Waals surface area contributed by atoms with E-state index in [1.54, 1.807) is 36.4 Å². The number of rotatable bonds is 7. The minimum atomic E-state index is -0.457. The van der Waals surface area contributed by atoms with E-state index in [0.717, 1.165) is 35.8 Å². The number of carbonyl (C=O) groups is 2. The number of nitrogens with one attached hydrogen (secondary N) is 2. The van der Waals surface area contributed by atoms with E-state index < -0.39 is 11.8 Å². The molecule has 0 saturated carbocycles. The van der Waals surface area contributed by atoms with Gasteiger partial charge in [-0.25, -0.2) is 0 Å². The van der Waals surface area contributed by atoms with Crippen molar-refractivity contribution in [2.75, 3.05) is 19.9 Å². The Bertz CT molecular complexity index is 1350. The number of thioether (sulfide) groups is 1. The predicted octanol–water partition coefficient (Wildman–Crippen LogP) is 4.96. The Morgan fingerprint density at radius 3 is 2.58 bits per heavy atom. The molecule has 0 aliphatic carbocycles. The first-order valence-electron chi connectivity index (χ1n) is 12.4. The molecule has 196 valence electrons. The van der Waals surface area contributed by atoms with Gasteiger partial charge in [-0.2, -0.15) is 0 Å². The molecule has 1 aromatic heterocycles. The van der Waals surface area contributed by atoms with Crippen LogP contribution in [0.4, 0.5) is 0 Å². The van der Waals surface area contributed by atoms with Gasteiger partial charge in [-0.1, -0.05) is 36.5 Å². The van der Waals surface area contributed by atoms with E-state index in [1.165, 1.54) is 24.3 Å². The van der Waals surface area contributed by atoms with Gasteiger partial charge >= 0.3 is 0 Å². The van der Waals surface area contributed by atoms with E-state index in [0.29, 0.717) is 27.9 Å². The zero-order valence-corrected chi connectivity index (χ0v) is 22.2. The molecule has 2 N–H and O–H groups in total. The third-order valence-electron chi connectivity index (χ3n) is 6.11. The van der Waals surface area contributed by atoms with Crippen LogP contribution in [0.15, 0.2) is 75.9 Å². The Balaban J connectivity index is 1.30. The maximum atomic E-state index is 13.2. The molecule has 1 fully saturated rings. The van der Waals surface area contributed by atoms with Crippen LogP contribution >= 0.6 is 24.0 Å². The molecule has 1 saturated heterocycles. The first-order valence-corrected chi connectivity index (χ1v) is 13.6. The summed E-state index contributed by atoms with van der Waals surface area (Å²) in [4.78, 5) is 28.2. The number of hydrogen-bond acceptors (Lipinski definition) is 7. The van der Waals surface area contributed by atoms with Gasteiger partial charge in [0.1, 0.15) is 15.8 Å². The van der Waals surface area contributed by atoms with Crippen LogP contribution in [0.2, 0.25) is 0 Å². The number of carbonyl (C=O) groups excluding carboxylic acids is 2. The fourth-order valence-corrected chi connectivity index (χ4v) is 5.29. The highest BCUT2D eigenvalue weighted by atomic mass is 32.2.